The molecule has 0 unspecified atom stereocenters. The molecule has 1 amide bonds. The van der Waals surface area contributed by atoms with Crippen LogP contribution in [0.2, 0.25) is 10.0 Å². The molecule has 2 atom stereocenters. The Bertz CT molecular complexity index is 983. The second-order valence-corrected chi connectivity index (χ2v) is 10.4. The molecule has 0 saturated carbocycles. The van der Waals surface area contributed by atoms with Crippen LogP contribution < -0.4 is 5.32 Å². The number of piperidine rings is 1. The minimum Gasteiger partial charge on any atom is -0.349 e. The van der Waals surface area contributed by atoms with Crippen molar-refractivity contribution < 1.29 is 13.2 Å². The van der Waals surface area contributed by atoms with E-state index in [1.807, 2.05) is 37.3 Å². The van der Waals surface area contributed by atoms with E-state index in [9.17, 15) is 13.2 Å². The average Bonchev–Trinajstić information content (AvgIpc) is 2.74. The summed E-state index contributed by atoms with van der Waals surface area (Å²) in [5.74, 6) is -0.680. The van der Waals surface area contributed by atoms with Crippen molar-refractivity contribution in [1.29, 1.82) is 0 Å². The van der Waals surface area contributed by atoms with E-state index in [1.165, 1.54) is 10.4 Å². The molecule has 162 valence electrons. The van der Waals surface area contributed by atoms with Crippen molar-refractivity contribution in [2.24, 2.45) is 5.92 Å². The van der Waals surface area contributed by atoms with Gasteiger partial charge in [0.1, 0.15) is 0 Å². The Balaban J connectivity index is 1.67. The molecule has 1 N–H and O–H groups in total. The van der Waals surface area contributed by atoms with Gasteiger partial charge in [-0.2, -0.15) is 0 Å². The summed E-state index contributed by atoms with van der Waals surface area (Å²) in [6, 6.07) is 14.5. The fraction of sp³-hybridized carbons (Fsp3) is 0.409. The van der Waals surface area contributed by atoms with Crippen molar-refractivity contribution in [2.75, 3.05) is 13.1 Å². The molecule has 3 rings (SSSR count). The Morgan fingerprint density at radius 3 is 2.60 bits per heavy atom. The van der Waals surface area contributed by atoms with E-state index in [2.05, 4.69) is 5.32 Å². The Morgan fingerprint density at radius 2 is 1.93 bits per heavy atom. The summed E-state index contributed by atoms with van der Waals surface area (Å²) < 4.78 is 27.3. The van der Waals surface area contributed by atoms with Gasteiger partial charge in [0.05, 0.1) is 17.7 Å². The van der Waals surface area contributed by atoms with E-state index in [-0.39, 0.29) is 30.2 Å². The zero-order valence-corrected chi connectivity index (χ0v) is 19.2. The van der Waals surface area contributed by atoms with Crippen LogP contribution in [0.25, 0.3) is 0 Å². The van der Waals surface area contributed by atoms with Crippen LogP contribution in [-0.4, -0.2) is 31.7 Å². The molecule has 0 spiro atoms. The molecule has 1 aliphatic rings. The van der Waals surface area contributed by atoms with Crippen LogP contribution in [0.5, 0.6) is 0 Å². The highest BCUT2D eigenvalue weighted by atomic mass is 35.5. The Kier molecular flexibility index (Phi) is 7.80. The van der Waals surface area contributed by atoms with Gasteiger partial charge in [-0.05, 0) is 42.5 Å². The number of rotatable bonds is 7. The van der Waals surface area contributed by atoms with E-state index in [0.29, 0.717) is 35.0 Å². The zero-order valence-electron chi connectivity index (χ0n) is 16.9. The quantitative estimate of drug-likeness (QED) is 0.634. The number of nitrogens with zero attached hydrogens (tertiary/aromatic N) is 1. The van der Waals surface area contributed by atoms with Crippen molar-refractivity contribution in [1.82, 2.24) is 9.62 Å². The van der Waals surface area contributed by atoms with E-state index in [1.54, 1.807) is 12.1 Å². The van der Waals surface area contributed by atoms with Crippen molar-refractivity contribution in [3.63, 3.8) is 0 Å². The zero-order chi connectivity index (χ0) is 21.7. The molecule has 1 saturated heterocycles. The monoisotopic (exact) mass is 468 g/mol. The third kappa shape index (κ3) is 5.76. The van der Waals surface area contributed by atoms with Gasteiger partial charge in [0, 0.05) is 23.1 Å². The summed E-state index contributed by atoms with van der Waals surface area (Å²) >= 11 is 12.1. The smallest absolute Gasteiger partial charge is 0.224 e. The summed E-state index contributed by atoms with van der Waals surface area (Å²) in [5.41, 5.74) is 1.55. The van der Waals surface area contributed by atoms with Crippen LogP contribution in [-0.2, 0) is 20.6 Å². The minimum absolute atomic E-state index is 0.0847. The first-order chi connectivity index (χ1) is 14.3. The Morgan fingerprint density at radius 1 is 1.20 bits per heavy atom. The molecular weight excluding hydrogens is 443 g/mol. The third-order valence-corrected chi connectivity index (χ3v) is 7.81. The van der Waals surface area contributed by atoms with Gasteiger partial charge in [0.2, 0.25) is 15.9 Å². The van der Waals surface area contributed by atoms with Crippen LogP contribution in [0, 0.1) is 5.92 Å². The first kappa shape index (κ1) is 23.1. The molecule has 0 radical (unpaired) electrons. The maximum atomic E-state index is 13.0. The first-order valence-corrected chi connectivity index (χ1v) is 12.4. The molecule has 1 heterocycles. The van der Waals surface area contributed by atoms with Gasteiger partial charge in [-0.1, -0.05) is 66.5 Å². The van der Waals surface area contributed by atoms with Crippen LogP contribution in [0.3, 0.4) is 0 Å². The van der Waals surface area contributed by atoms with Crippen LogP contribution in [0.4, 0.5) is 0 Å². The molecule has 1 aliphatic heterocycles. The molecular formula is C22H26Cl2N2O3S. The Hall–Kier alpha value is -1.60. The average molecular weight is 469 g/mol. The van der Waals surface area contributed by atoms with Gasteiger partial charge >= 0.3 is 0 Å². The van der Waals surface area contributed by atoms with Gasteiger partial charge < -0.3 is 5.32 Å². The second kappa shape index (κ2) is 10.1. The summed E-state index contributed by atoms with van der Waals surface area (Å²) in [6.45, 7) is 2.61. The van der Waals surface area contributed by atoms with E-state index < -0.39 is 10.0 Å². The molecule has 2 aromatic rings. The van der Waals surface area contributed by atoms with Crippen LogP contribution >= 0.6 is 23.2 Å². The number of amides is 1. The SMILES string of the molecule is CC[C@H](NC(=O)[C@H]1CCCN(S(=O)(=O)Cc2ccc(Cl)cc2Cl)C1)c1ccccc1. The fourth-order valence-corrected chi connectivity index (χ4v) is 5.93. The maximum Gasteiger partial charge on any atom is 0.224 e. The molecule has 1 fully saturated rings. The summed E-state index contributed by atoms with van der Waals surface area (Å²) in [5, 5.41) is 3.88. The molecule has 5 nitrogen and oxygen atoms in total. The normalized spacial score (nSPS) is 18.7. The van der Waals surface area contributed by atoms with Gasteiger partial charge in [-0.3, -0.25) is 4.79 Å². The Labute approximate surface area is 188 Å². The number of hydrogen-bond donors (Lipinski definition) is 1. The predicted molar refractivity (Wildman–Crippen MR) is 121 cm³/mol. The summed E-state index contributed by atoms with van der Waals surface area (Å²) in [7, 11) is -3.60. The lowest BCUT2D eigenvalue weighted by Gasteiger charge is -2.32. The number of sulfonamides is 1. The lowest BCUT2D eigenvalue weighted by atomic mass is 9.97. The molecule has 0 bridgehead atoms. The maximum absolute atomic E-state index is 13.0. The van der Waals surface area contributed by atoms with Crippen molar-refractivity contribution in [3.05, 3.63) is 69.7 Å². The summed E-state index contributed by atoms with van der Waals surface area (Å²) in [4.78, 5) is 12.9. The van der Waals surface area contributed by atoms with Gasteiger partial charge in [0.15, 0.2) is 0 Å². The number of nitrogens with one attached hydrogen (secondary N) is 1. The predicted octanol–water partition coefficient (Wildman–Crippen LogP) is 4.80. The fourth-order valence-electron chi connectivity index (χ4n) is 3.73. The topological polar surface area (TPSA) is 66.5 Å². The molecule has 0 aromatic heterocycles. The van der Waals surface area contributed by atoms with Crippen LogP contribution in [0.15, 0.2) is 48.5 Å². The third-order valence-electron chi connectivity index (χ3n) is 5.43. The standard InChI is InChI=1S/C22H26Cl2N2O3S/c1-2-21(16-7-4-3-5-8-16)25-22(27)17-9-6-12-26(14-17)30(28,29)15-18-10-11-19(23)13-20(18)24/h3-5,7-8,10-11,13,17,21H,2,6,9,12,14-15H2,1H3,(H,25,27)/t17-,21-/m0/s1. The number of carbonyl (C=O) groups is 1. The first-order valence-electron chi connectivity index (χ1n) is 10.1. The largest absolute Gasteiger partial charge is 0.349 e. The number of benzene rings is 2. The van der Waals surface area contributed by atoms with E-state index in [0.717, 1.165) is 12.0 Å². The highest BCUT2D eigenvalue weighted by molar-refractivity contribution is 7.88. The molecule has 2 aromatic carbocycles. The number of hydrogen-bond acceptors (Lipinski definition) is 3. The van der Waals surface area contributed by atoms with Gasteiger partial charge in [0.25, 0.3) is 0 Å². The second-order valence-electron chi connectivity index (χ2n) is 7.57. The van der Waals surface area contributed by atoms with Gasteiger partial charge in [-0.15, -0.1) is 0 Å². The van der Waals surface area contributed by atoms with Crippen molar-refractivity contribution in [2.45, 2.75) is 38.0 Å². The highest BCUT2D eigenvalue weighted by Crippen LogP contribution is 2.27. The lowest BCUT2D eigenvalue weighted by Crippen LogP contribution is -2.46. The van der Waals surface area contributed by atoms with Crippen LogP contribution in [0.1, 0.15) is 43.4 Å². The van der Waals surface area contributed by atoms with Crippen molar-refractivity contribution >= 4 is 39.1 Å². The number of carbonyl (C=O) groups excluding carboxylic acids is 1. The molecule has 30 heavy (non-hydrogen) atoms. The van der Waals surface area contributed by atoms with E-state index >= 15 is 0 Å². The molecule has 0 aliphatic carbocycles. The minimum atomic E-state index is -3.60. The lowest BCUT2D eigenvalue weighted by molar-refractivity contribution is -0.126. The van der Waals surface area contributed by atoms with E-state index in [4.69, 9.17) is 23.2 Å². The highest BCUT2D eigenvalue weighted by Gasteiger charge is 2.33. The van der Waals surface area contributed by atoms with Crippen molar-refractivity contribution in [3.8, 4) is 0 Å². The molecule has 8 heteroatoms. The summed E-state index contributed by atoms with van der Waals surface area (Å²) in [6.07, 6.45) is 2.08. The number of halogens is 2. The van der Waals surface area contributed by atoms with Gasteiger partial charge in [-0.25, -0.2) is 12.7 Å².